The van der Waals surface area contributed by atoms with Gasteiger partial charge in [0.15, 0.2) is 10.8 Å². The van der Waals surface area contributed by atoms with Crippen LogP contribution in [0, 0.1) is 5.82 Å². The third-order valence-corrected chi connectivity index (χ3v) is 4.59. The number of carbonyl (C=O) groups is 1. The largest absolute Gasteiger partial charge is 0.322 e. The van der Waals surface area contributed by atoms with Crippen LogP contribution in [0.2, 0.25) is 0 Å². The van der Waals surface area contributed by atoms with Crippen LogP contribution in [-0.4, -0.2) is 31.2 Å². The first kappa shape index (κ1) is 18.5. The Morgan fingerprint density at radius 2 is 2.19 bits per heavy atom. The van der Waals surface area contributed by atoms with Gasteiger partial charge in [-0.1, -0.05) is 34.6 Å². The van der Waals surface area contributed by atoms with Crippen LogP contribution < -0.4 is 10.9 Å². The van der Waals surface area contributed by atoms with Crippen molar-refractivity contribution in [2.75, 3.05) is 11.1 Å². The van der Waals surface area contributed by atoms with Crippen LogP contribution in [0.25, 0.3) is 11.0 Å². The van der Waals surface area contributed by atoms with E-state index < -0.39 is 17.3 Å². The van der Waals surface area contributed by atoms with E-state index in [0.717, 1.165) is 10.3 Å². The van der Waals surface area contributed by atoms with Gasteiger partial charge in [-0.05, 0) is 24.0 Å². The minimum Gasteiger partial charge on any atom is -0.322 e. The van der Waals surface area contributed by atoms with Crippen molar-refractivity contribution < 1.29 is 9.18 Å². The highest BCUT2D eigenvalue weighted by atomic mass is 79.9. The number of amides is 1. The number of halogens is 2. The Morgan fingerprint density at radius 1 is 1.38 bits per heavy atom. The fraction of sp³-hybridized carbons (Fsp3) is 0.188. The molecule has 2 aromatic heterocycles. The zero-order chi connectivity index (χ0) is 18.7. The molecule has 0 aliphatic rings. The SMILES string of the molecule is CCSc1ncc2c(=O)n(CC(=O)Nc3ccc(Br)cc3F)cnc2n1. The van der Waals surface area contributed by atoms with E-state index in [4.69, 9.17) is 0 Å². The Balaban J connectivity index is 1.82. The van der Waals surface area contributed by atoms with Crippen LogP contribution in [0.15, 0.2) is 45.1 Å². The molecule has 2 heterocycles. The normalized spacial score (nSPS) is 10.9. The highest BCUT2D eigenvalue weighted by Crippen LogP contribution is 2.19. The Labute approximate surface area is 160 Å². The molecule has 0 saturated carbocycles. The average Bonchev–Trinajstić information content (AvgIpc) is 2.60. The minimum atomic E-state index is -0.578. The van der Waals surface area contributed by atoms with E-state index in [2.05, 4.69) is 36.2 Å². The molecule has 1 aromatic carbocycles. The van der Waals surface area contributed by atoms with Crippen LogP contribution in [0.5, 0.6) is 0 Å². The Kier molecular flexibility index (Phi) is 5.62. The van der Waals surface area contributed by atoms with Gasteiger partial charge in [-0.15, -0.1) is 0 Å². The third-order valence-electron chi connectivity index (χ3n) is 3.35. The zero-order valence-corrected chi connectivity index (χ0v) is 16.0. The molecule has 0 radical (unpaired) electrons. The summed E-state index contributed by atoms with van der Waals surface area (Å²) in [5, 5.41) is 3.18. The summed E-state index contributed by atoms with van der Waals surface area (Å²) in [6.07, 6.45) is 2.65. The zero-order valence-electron chi connectivity index (χ0n) is 13.6. The first-order valence-corrected chi connectivity index (χ1v) is 9.35. The lowest BCUT2D eigenvalue weighted by Gasteiger charge is -2.09. The first-order chi connectivity index (χ1) is 12.5. The number of hydrogen-bond donors (Lipinski definition) is 1. The molecule has 10 heteroatoms. The van der Waals surface area contributed by atoms with Gasteiger partial charge in [0.25, 0.3) is 5.56 Å². The number of thioether (sulfide) groups is 1. The van der Waals surface area contributed by atoms with Crippen molar-refractivity contribution in [1.82, 2.24) is 19.5 Å². The van der Waals surface area contributed by atoms with Gasteiger partial charge in [-0.3, -0.25) is 14.2 Å². The summed E-state index contributed by atoms with van der Waals surface area (Å²) in [7, 11) is 0. The van der Waals surface area contributed by atoms with Gasteiger partial charge < -0.3 is 5.32 Å². The highest BCUT2D eigenvalue weighted by Gasteiger charge is 2.12. The van der Waals surface area contributed by atoms with Gasteiger partial charge in [0.1, 0.15) is 24.1 Å². The van der Waals surface area contributed by atoms with Crippen LogP contribution in [0.1, 0.15) is 6.92 Å². The van der Waals surface area contributed by atoms with Gasteiger partial charge in [-0.2, -0.15) is 0 Å². The number of nitrogens with one attached hydrogen (secondary N) is 1. The van der Waals surface area contributed by atoms with Gasteiger partial charge in [0.05, 0.1) is 5.69 Å². The van der Waals surface area contributed by atoms with Crippen molar-refractivity contribution >= 4 is 50.3 Å². The summed E-state index contributed by atoms with van der Waals surface area (Å²) in [6, 6.07) is 4.27. The van der Waals surface area contributed by atoms with Crippen molar-refractivity contribution in [3.63, 3.8) is 0 Å². The summed E-state index contributed by atoms with van der Waals surface area (Å²) in [4.78, 5) is 37.0. The lowest BCUT2D eigenvalue weighted by molar-refractivity contribution is -0.116. The van der Waals surface area contributed by atoms with Gasteiger partial charge in [0.2, 0.25) is 5.91 Å². The van der Waals surface area contributed by atoms with E-state index in [0.29, 0.717) is 9.63 Å². The highest BCUT2D eigenvalue weighted by molar-refractivity contribution is 9.10. The molecule has 26 heavy (non-hydrogen) atoms. The molecule has 0 aliphatic carbocycles. The number of rotatable bonds is 5. The second-order valence-corrected chi connectivity index (χ2v) is 7.32. The minimum absolute atomic E-state index is 0.0320. The van der Waals surface area contributed by atoms with Gasteiger partial charge in [0, 0.05) is 10.7 Å². The average molecular weight is 438 g/mol. The maximum atomic E-state index is 13.8. The molecule has 134 valence electrons. The van der Waals surface area contributed by atoms with E-state index in [-0.39, 0.29) is 23.3 Å². The van der Waals surface area contributed by atoms with Crippen molar-refractivity contribution in [3.05, 3.63) is 51.4 Å². The summed E-state index contributed by atoms with van der Waals surface area (Å²) in [6.45, 7) is 1.67. The molecule has 1 N–H and O–H groups in total. The lowest BCUT2D eigenvalue weighted by atomic mass is 10.3. The molecular formula is C16H13BrFN5O2S. The number of fused-ring (bicyclic) bond motifs is 1. The maximum absolute atomic E-state index is 13.8. The van der Waals surface area contributed by atoms with Crippen molar-refractivity contribution in [1.29, 1.82) is 0 Å². The molecule has 3 aromatic rings. The van der Waals surface area contributed by atoms with Crippen molar-refractivity contribution in [2.24, 2.45) is 0 Å². The predicted molar refractivity (Wildman–Crippen MR) is 101 cm³/mol. The molecule has 0 aliphatic heterocycles. The molecule has 7 nitrogen and oxygen atoms in total. The Hall–Kier alpha value is -2.33. The van der Waals surface area contributed by atoms with Crippen LogP contribution in [0.4, 0.5) is 10.1 Å². The van der Waals surface area contributed by atoms with Gasteiger partial charge in [-0.25, -0.2) is 19.3 Å². The third kappa shape index (κ3) is 4.07. The maximum Gasteiger partial charge on any atom is 0.264 e. The molecule has 0 fully saturated rings. The topological polar surface area (TPSA) is 89.8 Å². The van der Waals surface area contributed by atoms with Crippen LogP contribution in [-0.2, 0) is 11.3 Å². The second kappa shape index (κ2) is 7.92. The lowest BCUT2D eigenvalue weighted by Crippen LogP contribution is -2.28. The summed E-state index contributed by atoms with van der Waals surface area (Å²) in [5.41, 5.74) is -0.129. The van der Waals surface area contributed by atoms with E-state index in [9.17, 15) is 14.0 Å². The number of nitrogens with zero attached hydrogens (tertiary/aromatic N) is 4. The molecule has 1 amide bonds. The van der Waals surface area contributed by atoms with Gasteiger partial charge >= 0.3 is 0 Å². The van der Waals surface area contributed by atoms with Crippen molar-refractivity contribution in [3.8, 4) is 0 Å². The number of anilines is 1. The summed E-state index contributed by atoms with van der Waals surface area (Å²) >= 11 is 4.58. The van der Waals surface area contributed by atoms with Crippen molar-refractivity contribution in [2.45, 2.75) is 18.6 Å². The number of benzene rings is 1. The second-order valence-electron chi connectivity index (χ2n) is 5.17. The quantitative estimate of drug-likeness (QED) is 0.487. The molecule has 0 saturated heterocycles. The van der Waals surface area contributed by atoms with Crippen LogP contribution >= 0.6 is 27.7 Å². The molecular weight excluding hydrogens is 425 g/mol. The Morgan fingerprint density at radius 3 is 2.92 bits per heavy atom. The van der Waals surface area contributed by atoms with Crippen LogP contribution in [0.3, 0.4) is 0 Å². The van der Waals surface area contributed by atoms with E-state index >= 15 is 0 Å². The standard InChI is InChI=1S/C16H13BrFN5O2S/c1-2-26-16-19-6-10-14(22-16)20-8-23(15(10)25)7-13(24)21-12-4-3-9(17)5-11(12)18/h3-6,8H,2,7H2,1H3,(H,21,24). The smallest absolute Gasteiger partial charge is 0.264 e. The number of aromatic nitrogens is 4. The molecule has 3 rings (SSSR count). The van der Waals surface area contributed by atoms with E-state index in [1.807, 2.05) is 6.92 Å². The van der Waals surface area contributed by atoms with E-state index in [1.165, 1.54) is 36.4 Å². The number of carbonyl (C=O) groups excluding carboxylic acids is 1. The summed E-state index contributed by atoms with van der Waals surface area (Å²) in [5.74, 6) is -0.324. The first-order valence-electron chi connectivity index (χ1n) is 7.58. The predicted octanol–water partition coefficient (Wildman–Crippen LogP) is 2.84. The van der Waals surface area contributed by atoms with E-state index in [1.54, 1.807) is 6.07 Å². The summed E-state index contributed by atoms with van der Waals surface area (Å²) < 4.78 is 15.5. The monoisotopic (exact) mass is 437 g/mol. The molecule has 0 bridgehead atoms. The molecule has 0 atom stereocenters. The number of hydrogen-bond acceptors (Lipinski definition) is 6. The fourth-order valence-corrected chi connectivity index (χ4v) is 3.05. The Bertz CT molecular complexity index is 1040. The fourth-order valence-electron chi connectivity index (χ4n) is 2.18. The molecule has 0 spiro atoms. The molecule has 0 unspecified atom stereocenters.